The number of aldehydes is 1. The Morgan fingerprint density at radius 1 is 1.16 bits per heavy atom. The van der Waals surface area contributed by atoms with Gasteiger partial charge in [0.1, 0.15) is 12.1 Å². The molecule has 0 radical (unpaired) electrons. The third kappa shape index (κ3) is 1.93. The van der Waals surface area contributed by atoms with Gasteiger partial charge in [0.05, 0.1) is 11.0 Å². The maximum absolute atomic E-state index is 10.9. The zero-order valence-electron chi connectivity index (χ0n) is 10.9. The summed E-state index contributed by atoms with van der Waals surface area (Å²) >= 11 is 0. The SMILES string of the molecule is Cc1cccc(-c2nc3ccc(C=O)cc3n2C)c1. The minimum atomic E-state index is 0.672. The number of rotatable bonds is 2. The van der Waals surface area contributed by atoms with Crippen molar-refractivity contribution in [2.24, 2.45) is 7.05 Å². The summed E-state index contributed by atoms with van der Waals surface area (Å²) in [6.07, 6.45) is 0.860. The summed E-state index contributed by atoms with van der Waals surface area (Å²) in [4.78, 5) is 15.5. The normalized spacial score (nSPS) is 10.8. The van der Waals surface area contributed by atoms with Crippen LogP contribution in [0, 0.1) is 6.92 Å². The predicted molar refractivity (Wildman–Crippen MR) is 76.3 cm³/mol. The number of hydrogen-bond acceptors (Lipinski definition) is 2. The molecule has 19 heavy (non-hydrogen) atoms. The lowest BCUT2D eigenvalue weighted by Crippen LogP contribution is -1.93. The van der Waals surface area contributed by atoms with Crippen LogP contribution in [0.3, 0.4) is 0 Å². The molecule has 3 aromatic rings. The van der Waals surface area contributed by atoms with Crippen molar-refractivity contribution in [1.29, 1.82) is 0 Å². The third-order valence-corrected chi connectivity index (χ3v) is 3.32. The van der Waals surface area contributed by atoms with Gasteiger partial charge < -0.3 is 4.57 Å². The highest BCUT2D eigenvalue weighted by molar-refractivity contribution is 5.87. The number of carbonyl (C=O) groups is 1. The summed E-state index contributed by atoms with van der Waals surface area (Å²) in [5.41, 5.74) is 4.85. The van der Waals surface area contributed by atoms with Crippen LogP contribution in [0.1, 0.15) is 15.9 Å². The van der Waals surface area contributed by atoms with Gasteiger partial charge in [-0.1, -0.05) is 23.8 Å². The van der Waals surface area contributed by atoms with E-state index in [0.29, 0.717) is 5.56 Å². The molecule has 0 aliphatic carbocycles. The lowest BCUT2D eigenvalue weighted by atomic mass is 10.1. The van der Waals surface area contributed by atoms with Gasteiger partial charge >= 0.3 is 0 Å². The molecule has 0 bridgehead atoms. The maximum Gasteiger partial charge on any atom is 0.150 e. The average molecular weight is 250 g/mol. The maximum atomic E-state index is 10.9. The quantitative estimate of drug-likeness (QED) is 0.654. The van der Waals surface area contributed by atoms with E-state index in [0.717, 1.165) is 28.7 Å². The Morgan fingerprint density at radius 2 is 2.00 bits per heavy atom. The first-order valence-corrected chi connectivity index (χ1v) is 6.18. The second-order valence-corrected chi connectivity index (χ2v) is 4.73. The summed E-state index contributed by atoms with van der Waals surface area (Å²) in [7, 11) is 1.97. The van der Waals surface area contributed by atoms with Crippen molar-refractivity contribution in [1.82, 2.24) is 9.55 Å². The topological polar surface area (TPSA) is 34.9 Å². The van der Waals surface area contributed by atoms with E-state index in [9.17, 15) is 4.79 Å². The summed E-state index contributed by atoms with van der Waals surface area (Å²) in [6.45, 7) is 2.07. The molecule has 3 nitrogen and oxygen atoms in total. The Labute approximate surface area is 111 Å². The average Bonchev–Trinajstić information content (AvgIpc) is 2.76. The van der Waals surface area contributed by atoms with E-state index in [-0.39, 0.29) is 0 Å². The number of carbonyl (C=O) groups excluding carboxylic acids is 1. The van der Waals surface area contributed by atoms with Crippen LogP contribution >= 0.6 is 0 Å². The summed E-state index contributed by atoms with van der Waals surface area (Å²) in [5, 5.41) is 0. The van der Waals surface area contributed by atoms with Crippen LogP contribution in [-0.2, 0) is 7.05 Å². The van der Waals surface area contributed by atoms with Crippen molar-refractivity contribution in [2.75, 3.05) is 0 Å². The molecule has 94 valence electrons. The molecule has 0 saturated carbocycles. The molecule has 0 N–H and O–H groups in total. The molecule has 3 rings (SSSR count). The Hall–Kier alpha value is -2.42. The van der Waals surface area contributed by atoms with Crippen LogP contribution in [-0.4, -0.2) is 15.8 Å². The van der Waals surface area contributed by atoms with Gasteiger partial charge in [-0.05, 0) is 31.2 Å². The zero-order valence-corrected chi connectivity index (χ0v) is 10.9. The van der Waals surface area contributed by atoms with Gasteiger partial charge in [-0.3, -0.25) is 4.79 Å². The monoisotopic (exact) mass is 250 g/mol. The number of fused-ring (bicyclic) bond motifs is 1. The molecule has 3 heteroatoms. The van der Waals surface area contributed by atoms with E-state index in [4.69, 9.17) is 0 Å². The zero-order chi connectivity index (χ0) is 13.4. The molecule has 0 unspecified atom stereocenters. The fourth-order valence-corrected chi connectivity index (χ4v) is 2.32. The highest BCUT2D eigenvalue weighted by atomic mass is 16.1. The summed E-state index contributed by atoms with van der Waals surface area (Å²) in [6, 6.07) is 13.8. The molecule has 0 aliphatic rings. The van der Waals surface area contributed by atoms with Gasteiger partial charge in [0.15, 0.2) is 0 Å². The fourth-order valence-electron chi connectivity index (χ4n) is 2.32. The Bertz CT molecular complexity index is 772. The molecule has 0 fully saturated rings. The number of hydrogen-bond donors (Lipinski definition) is 0. The predicted octanol–water partition coefficient (Wildman–Crippen LogP) is 3.36. The number of aryl methyl sites for hydroxylation is 2. The van der Waals surface area contributed by atoms with Gasteiger partial charge in [0.25, 0.3) is 0 Å². The van der Waals surface area contributed by atoms with Crippen LogP contribution in [0.25, 0.3) is 22.4 Å². The van der Waals surface area contributed by atoms with Crippen molar-refractivity contribution in [3.8, 4) is 11.4 Å². The molecule has 1 aromatic heterocycles. The van der Waals surface area contributed by atoms with Crippen LogP contribution in [0.2, 0.25) is 0 Å². The minimum Gasteiger partial charge on any atom is -0.327 e. The van der Waals surface area contributed by atoms with Gasteiger partial charge in [-0.2, -0.15) is 0 Å². The number of aromatic nitrogens is 2. The lowest BCUT2D eigenvalue weighted by molar-refractivity contribution is 0.112. The van der Waals surface area contributed by atoms with E-state index in [1.165, 1.54) is 5.56 Å². The highest BCUT2D eigenvalue weighted by Gasteiger charge is 2.10. The standard InChI is InChI=1S/C16H14N2O/c1-11-4-3-5-13(8-11)16-17-14-7-6-12(10-19)9-15(14)18(16)2/h3-10H,1-2H3. The van der Waals surface area contributed by atoms with Gasteiger partial charge in [0, 0.05) is 18.2 Å². The fraction of sp³-hybridized carbons (Fsp3) is 0.125. The van der Waals surface area contributed by atoms with Gasteiger partial charge in [0.2, 0.25) is 0 Å². The van der Waals surface area contributed by atoms with Crippen molar-refractivity contribution in [3.05, 3.63) is 53.6 Å². The number of benzene rings is 2. The first-order chi connectivity index (χ1) is 9.19. The highest BCUT2D eigenvalue weighted by Crippen LogP contribution is 2.24. The van der Waals surface area contributed by atoms with E-state index in [1.54, 1.807) is 6.07 Å². The van der Waals surface area contributed by atoms with Crippen LogP contribution in [0.15, 0.2) is 42.5 Å². The Kier molecular flexibility index (Phi) is 2.67. The van der Waals surface area contributed by atoms with Gasteiger partial charge in [-0.15, -0.1) is 0 Å². The third-order valence-electron chi connectivity index (χ3n) is 3.32. The number of imidazole rings is 1. The molecule has 0 aliphatic heterocycles. The largest absolute Gasteiger partial charge is 0.327 e. The second-order valence-electron chi connectivity index (χ2n) is 4.73. The van der Waals surface area contributed by atoms with E-state index in [2.05, 4.69) is 30.1 Å². The van der Waals surface area contributed by atoms with Crippen LogP contribution < -0.4 is 0 Å². The van der Waals surface area contributed by atoms with Crippen molar-refractivity contribution in [3.63, 3.8) is 0 Å². The van der Waals surface area contributed by atoms with E-state index < -0.39 is 0 Å². The van der Waals surface area contributed by atoms with Crippen LogP contribution in [0.4, 0.5) is 0 Å². The number of nitrogens with zero attached hydrogens (tertiary/aromatic N) is 2. The van der Waals surface area contributed by atoms with Crippen LogP contribution in [0.5, 0.6) is 0 Å². The second kappa shape index (κ2) is 4.35. The first kappa shape index (κ1) is 11.7. The Morgan fingerprint density at radius 3 is 2.74 bits per heavy atom. The molecule has 0 spiro atoms. The molecule has 0 atom stereocenters. The minimum absolute atomic E-state index is 0.672. The van der Waals surface area contributed by atoms with Gasteiger partial charge in [-0.25, -0.2) is 4.98 Å². The van der Waals surface area contributed by atoms with E-state index in [1.807, 2.05) is 29.8 Å². The summed E-state index contributed by atoms with van der Waals surface area (Å²) < 4.78 is 2.02. The lowest BCUT2D eigenvalue weighted by Gasteiger charge is -2.03. The van der Waals surface area contributed by atoms with E-state index >= 15 is 0 Å². The molecule has 2 aromatic carbocycles. The molecule has 0 saturated heterocycles. The molecular formula is C16H14N2O. The first-order valence-electron chi connectivity index (χ1n) is 6.18. The summed E-state index contributed by atoms with van der Waals surface area (Å²) in [5.74, 6) is 0.918. The Balaban J connectivity index is 2.25. The van der Waals surface area contributed by atoms with Crippen molar-refractivity contribution >= 4 is 17.3 Å². The smallest absolute Gasteiger partial charge is 0.150 e. The van der Waals surface area contributed by atoms with Crippen molar-refractivity contribution < 1.29 is 4.79 Å². The molecule has 0 amide bonds. The van der Waals surface area contributed by atoms with Crippen molar-refractivity contribution in [2.45, 2.75) is 6.92 Å². The molecule has 1 heterocycles. The molecular weight excluding hydrogens is 236 g/mol.